The Morgan fingerprint density at radius 2 is 1.77 bits per heavy atom. The number of amides is 1. The van der Waals surface area contributed by atoms with E-state index in [1.807, 2.05) is 0 Å². The molecule has 30 heavy (non-hydrogen) atoms. The second-order valence-corrected chi connectivity index (χ2v) is 8.86. The number of aryl methyl sites for hydroxylation is 1. The van der Waals surface area contributed by atoms with Crippen LogP contribution in [0.15, 0.2) is 70.2 Å². The Hall–Kier alpha value is -3.26. The molecule has 8 heteroatoms. The third-order valence-electron chi connectivity index (χ3n) is 4.82. The van der Waals surface area contributed by atoms with Crippen LogP contribution >= 0.6 is 0 Å². The summed E-state index contributed by atoms with van der Waals surface area (Å²) in [5, 5.41) is 0. The fourth-order valence-electron chi connectivity index (χ4n) is 3.11. The van der Waals surface area contributed by atoms with Gasteiger partial charge < -0.3 is 14.1 Å². The molecule has 0 radical (unpaired) electrons. The number of methoxy groups -OCH3 is 1. The minimum atomic E-state index is -3.75. The van der Waals surface area contributed by atoms with Gasteiger partial charge in [0.25, 0.3) is 15.9 Å². The lowest BCUT2D eigenvalue weighted by atomic mass is 10.1. The van der Waals surface area contributed by atoms with E-state index >= 15 is 0 Å². The highest BCUT2D eigenvalue weighted by atomic mass is 32.2. The molecule has 3 rings (SSSR count). The van der Waals surface area contributed by atoms with Crippen molar-refractivity contribution in [1.29, 1.82) is 0 Å². The van der Waals surface area contributed by atoms with Crippen LogP contribution in [0.1, 0.15) is 21.7 Å². The first kappa shape index (κ1) is 21.4. The van der Waals surface area contributed by atoms with Crippen LogP contribution in [0, 0.1) is 6.92 Å². The van der Waals surface area contributed by atoms with Crippen molar-refractivity contribution in [3.8, 4) is 5.75 Å². The minimum Gasteiger partial charge on any atom is -0.497 e. The maximum atomic E-state index is 13.0. The number of ether oxygens (including phenoxy) is 1. The molecule has 0 aliphatic rings. The predicted molar refractivity (Wildman–Crippen MR) is 114 cm³/mol. The highest BCUT2D eigenvalue weighted by molar-refractivity contribution is 7.92. The van der Waals surface area contributed by atoms with Gasteiger partial charge in [0.2, 0.25) is 0 Å². The van der Waals surface area contributed by atoms with Crippen molar-refractivity contribution in [2.75, 3.05) is 25.5 Å². The van der Waals surface area contributed by atoms with E-state index in [0.29, 0.717) is 34.9 Å². The Kier molecular flexibility index (Phi) is 6.17. The quantitative estimate of drug-likeness (QED) is 0.573. The molecule has 0 aliphatic carbocycles. The SMILES string of the molecule is COc1ccc(S(=O)(=O)N(C)c2ccc(C(=O)N(C)Cc3ccco3)cc2C)cc1. The van der Waals surface area contributed by atoms with Gasteiger partial charge in [-0.25, -0.2) is 8.42 Å². The van der Waals surface area contributed by atoms with Crippen LogP contribution in [-0.4, -0.2) is 40.4 Å². The summed E-state index contributed by atoms with van der Waals surface area (Å²) in [5.74, 6) is 1.08. The minimum absolute atomic E-state index is 0.156. The van der Waals surface area contributed by atoms with Crippen LogP contribution < -0.4 is 9.04 Å². The number of anilines is 1. The Bertz CT molecular complexity index is 1120. The molecule has 1 aromatic heterocycles. The molecule has 0 saturated carbocycles. The maximum absolute atomic E-state index is 13.0. The summed E-state index contributed by atoms with van der Waals surface area (Å²) in [4.78, 5) is 14.4. The summed E-state index contributed by atoms with van der Waals surface area (Å²) >= 11 is 0. The van der Waals surface area contributed by atoms with Crippen LogP contribution in [0.5, 0.6) is 5.75 Å². The molecule has 2 aromatic carbocycles. The molecule has 0 N–H and O–H groups in total. The lowest BCUT2D eigenvalue weighted by Crippen LogP contribution is -2.28. The standard InChI is InChI=1S/C22H24N2O5S/c1-16-14-17(22(25)23(2)15-19-6-5-13-29-19)7-12-21(16)24(3)30(26,27)20-10-8-18(28-4)9-11-20/h5-14H,15H2,1-4H3. The molecule has 0 unspecified atom stereocenters. The molecule has 1 amide bonds. The second-order valence-electron chi connectivity index (χ2n) is 6.89. The maximum Gasteiger partial charge on any atom is 0.264 e. The summed E-state index contributed by atoms with van der Waals surface area (Å²) in [6, 6.07) is 14.7. The molecule has 1 heterocycles. The van der Waals surface area contributed by atoms with Gasteiger partial charge in [0.15, 0.2) is 0 Å². The molecular formula is C22H24N2O5S. The van der Waals surface area contributed by atoms with Crippen LogP contribution in [0.4, 0.5) is 5.69 Å². The van der Waals surface area contributed by atoms with Gasteiger partial charge in [0, 0.05) is 19.7 Å². The molecule has 0 spiro atoms. The van der Waals surface area contributed by atoms with Gasteiger partial charge >= 0.3 is 0 Å². The molecule has 0 saturated heterocycles. The Morgan fingerprint density at radius 3 is 2.33 bits per heavy atom. The van der Waals surface area contributed by atoms with Crippen molar-refractivity contribution in [3.05, 3.63) is 77.7 Å². The van der Waals surface area contributed by atoms with E-state index in [2.05, 4.69) is 0 Å². The number of hydrogen-bond donors (Lipinski definition) is 0. The number of carbonyl (C=O) groups excluding carboxylic acids is 1. The highest BCUT2D eigenvalue weighted by Gasteiger charge is 2.23. The fourth-order valence-corrected chi connectivity index (χ4v) is 4.37. The summed E-state index contributed by atoms with van der Waals surface area (Å²) < 4.78 is 37.6. The Balaban J connectivity index is 1.82. The largest absolute Gasteiger partial charge is 0.497 e. The monoisotopic (exact) mass is 428 g/mol. The fraction of sp³-hybridized carbons (Fsp3) is 0.227. The smallest absolute Gasteiger partial charge is 0.264 e. The van der Waals surface area contributed by atoms with E-state index in [4.69, 9.17) is 9.15 Å². The first-order valence-corrected chi connectivity index (χ1v) is 10.7. The lowest BCUT2D eigenvalue weighted by molar-refractivity contribution is 0.0775. The zero-order valence-corrected chi connectivity index (χ0v) is 18.1. The number of hydrogen-bond acceptors (Lipinski definition) is 5. The van der Waals surface area contributed by atoms with E-state index in [1.165, 1.54) is 30.6 Å². The van der Waals surface area contributed by atoms with Crippen molar-refractivity contribution >= 4 is 21.6 Å². The van der Waals surface area contributed by atoms with E-state index in [1.54, 1.807) is 67.6 Å². The van der Waals surface area contributed by atoms with Crippen molar-refractivity contribution in [2.24, 2.45) is 0 Å². The van der Waals surface area contributed by atoms with Gasteiger partial charge in [-0.3, -0.25) is 9.10 Å². The Labute approximate surface area is 176 Å². The summed E-state index contributed by atoms with van der Waals surface area (Å²) in [6.45, 7) is 2.12. The first-order valence-electron chi connectivity index (χ1n) is 9.25. The topological polar surface area (TPSA) is 80.1 Å². The van der Waals surface area contributed by atoms with Crippen molar-refractivity contribution in [3.63, 3.8) is 0 Å². The zero-order valence-electron chi connectivity index (χ0n) is 17.3. The summed E-state index contributed by atoms with van der Waals surface area (Å²) in [6.07, 6.45) is 1.56. The third kappa shape index (κ3) is 4.33. The third-order valence-corrected chi connectivity index (χ3v) is 6.61. The molecule has 3 aromatic rings. The first-order chi connectivity index (χ1) is 14.2. The van der Waals surface area contributed by atoms with Crippen molar-refractivity contribution in [2.45, 2.75) is 18.4 Å². The van der Waals surface area contributed by atoms with Gasteiger partial charge in [0.1, 0.15) is 11.5 Å². The Morgan fingerprint density at radius 1 is 1.07 bits per heavy atom. The van der Waals surface area contributed by atoms with Crippen LogP contribution in [0.25, 0.3) is 0 Å². The molecule has 7 nitrogen and oxygen atoms in total. The molecule has 0 aliphatic heterocycles. The number of benzene rings is 2. The van der Waals surface area contributed by atoms with Gasteiger partial charge in [-0.15, -0.1) is 0 Å². The molecular weight excluding hydrogens is 404 g/mol. The van der Waals surface area contributed by atoms with Crippen LogP contribution in [-0.2, 0) is 16.6 Å². The predicted octanol–water partition coefficient (Wildman–Crippen LogP) is 3.69. The number of furan rings is 1. The second kappa shape index (κ2) is 8.62. The van der Waals surface area contributed by atoms with Gasteiger partial charge in [0.05, 0.1) is 30.5 Å². The number of carbonyl (C=O) groups is 1. The average molecular weight is 429 g/mol. The molecule has 0 fully saturated rings. The van der Waals surface area contributed by atoms with E-state index in [-0.39, 0.29) is 10.8 Å². The van der Waals surface area contributed by atoms with Crippen LogP contribution in [0.2, 0.25) is 0 Å². The highest BCUT2D eigenvalue weighted by Crippen LogP contribution is 2.27. The zero-order chi connectivity index (χ0) is 21.9. The van der Waals surface area contributed by atoms with E-state index in [9.17, 15) is 13.2 Å². The van der Waals surface area contributed by atoms with Crippen molar-refractivity contribution < 1.29 is 22.4 Å². The normalized spacial score (nSPS) is 11.2. The number of rotatable bonds is 7. The van der Waals surface area contributed by atoms with Gasteiger partial charge in [-0.05, 0) is 67.1 Å². The summed E-state index contributed by atoms with van der Waals surface area (Å²) in [7, 11) is 0.950. The lowest BCUT2D eigenvalue weighted by Gasteiger charge is -2.23. The van der Waals surface area contributed by atoms with Gasteiger partial charge in [-0.1, -0.05) is 0 Å². The molecule has 158 valence electrons. The summed E-state index contributed by atoms with van der Waals surface area (Å²) in [5.41, 5.74) is 1.64. The number of sulfonamides is 1. The average Bonchev–Trinajstić information content (AvgIpc) is 3.25. The number of nitrogens with zero attached hydrogens (tertiary/aromatic N) is 2. The van der Waals surface area contributed by atoms with Gasteiger partial charge in [-0.2, -0.15) is 0 Å². The molecule has 0 atom stereocenters. The van der Waals surface area contributed by atoms with Crippen molar-refractivity contribution in [1.82, 2.24) is 4.90 Å². The van der Waals surface area contributed by atoms with Crippen LogP contribution in [0.3, 0.4) is 0 Å². The molecule has 0 bridgehead atoms. The van der Waals surface area contributed by atoms with E-state index < -0.39 is 10.0 Å². The van der Waals surface area contributed by atoms with E-state index in [0.717, 1.165) is 0 Å².